The largest absolute Gasteiger partial charge is 0.375 e. The van der Waals surface area contributed by atoms with Crippen molar-refractivity contribution in [3.63, 3.8) is 0 Å². The lowest BCUT2D eigenvalue weighted by atomic mass is 10.1. The molecule has 0 radical (unpaired) electrons. The number of thiophene rings is 1. The highest BCUT2D eigenvalue weighted by molar-refractivity contribution is 7.16. The van der Waals surface area contributed by atoms with Crippen molar-refractivity contribution in [2.75, 3.05) is 5.32 Å². The van der Waals surface area contributed by atoms with E-state index in [-0.39, 0.29) is 0 Å². The predicted molar refractivity (Wildman–Crippen MR) is 85.4 cm³/mol. The van der Waals surface area contributed by atoms with Gasteiger partial charge in [-0.1, -0.05) is 11.6 Å². The number of pyridine rings is 1. The van der Waals surface area contributed by atoms with E-state index >= 15 is 0 Å². The molecule has 1 N–H and O–H groups in total. The van der Waals surface area contributed by atoms with Crippen LogP contribution in [0.15, 0.2) is 42.9 Å². The van der Waals surface area contributed by atoms with Gasteiger partial charge < -0.3 is 5.32 Å². The number of halogens is 1. The van der Waals surface area contributed by atoms with Crippen LogP contribution in [0.2, 0.25) is 4.34 Å². The Morgan fingerprint density at radius 1 is 1.33 bits per heavy atom. The van der Waals surface area contributed by atoms with Crippen LogP contribution in [-0.4, -0.2) is 14.8 Å². The van der Waals surface area contributed by atoms with Crippen LogP contribution in [0.5, 0.6) is 0 Å². The van der Waals surface area contributed by atoms with E-state index in [4.69, 9.17) is 11.6 Å². The van der Waals surface area contributed by atoms with Crippen molar-refractivity contribution in [1.82, 2.24) is 14.8 Å². The Balaban J connectivity index is 1.67. The average Bonchev–Trinajstić information content (AvgIpc) is 3.18. The van der Waals surface area contributed by atoms with E-state index in [0.29, 0.717) is 6.04 Å². The molecule has 6 heteroatoms. The SMILES string of the molecule is Clc1cc2c(s1)CCC2Nc1cccnc1-n1cccn1. The van der Waals surface area contributed by atoms with Gasteiger partial charge in [-0.25, -0.2) is 9.67 Å². The molecule has 106 valence electrons. The van der Waals surface area contributed by atoms with Crippen molar-refractivity contribution in [3.8, 4) is 5.82 Å². The van der Waals surface area contributed by atoms with Gasteiger partial charge in [-0.2, -0.15) is 5.10 Å². The number of rotatable bonds is 3. The summed E-state index contributed by atoms with van der Waals surface area (Å²) in [6.07, 6.45) is 7.61. The number of nitrogens with one attached hydrogen (secondary N) is 1. The molecule has 0 bridgehead atoms. The zero-order chi connectivity index (χ0) is 14.2. The maximum Gasteiger partial charge on any atom is 0.176 e. The molecular formula is C15H13ClN4S. The van der Waals surface area contributed by atoms with Gasteiger partial charge in [0.25, 0.3) is 0 Å². The number of aromatic nitrogens is 3. The Morgan fingerprint density at radius 3 is 3.14 bits per heavy atom. The maximum atomic E-state index is 6.12. The third-order valence-corrected chi connectivity index (χ3v) is 5.02. The number of nitrogens with zero attached hydrogens (tertiary/aromatic N) is 3. The van der Waals surface area contributed by atoms with Crippen molar-refractivity contribution in [2.24, 2.45) is 0 Å². The molecule has 1 unspecified atom stereocenters. The lowest BCUT2D eigenvalue weighted by Crippen LogP contribution is -2.10. The summed E-state index contributed by atoms with van der Waals surface area (Å²) in [6, 6.07) is 8.24. The summed E-state index contributed by atoms with van der Waals surface area (Å²) in [5.74, 6) is 0.817. The Bertz CT molecular complexity index is 766. The molecule has 1 aliphatic carbocycles. The average molecular weight is 317 g/mol. The van der Waals surface area contributed by atoms with Crippen LogP contribution in [-0.2, 0) is 6.42 Å². The number of hydrogen-bond donors (Lipinski definition) is 1. The smallest absolute Gasteiger partial charge is 0.176 e. The molecule has 4 nitrogen and oxygen atoms in total. The Kier molecular flexibility index (Phi) is 3.16. The molecule has 21 heavy (non-hydrogen) atoms. The molecule has 4 rings (SSSR count). The van der Waals surface area contributed by atoms with Crippen LogP contribution in [0, 0.1) is 0 Å². The first-order chi connectivity index (χ1) is 10.3. The third kappa shape index (κ3) is 2.32. The fraction of sp³-hybridized carbons (Fsp3) is 0.200. The van der Waals surface area contributed by atoms with Crippen molar-refractivity contribution < 1.29 is 0 Å². The molecule has 0 spiro atoms. The minimum Gasteiger partial charge on any atom is -0.375 e. The predicted octanol–water partition coefficient (Wildman–Crippen LogP) is 4.08. The van der Waals surface area contributed by atoms with Crippen molar-refractivity contribution >= 4 is 28.6 Å². The molecule has 0 saturated carbocycles. The lowest BCUT2D eigenvalue weighted by molar-refractivity contribution is 0.755. The van der Waals surface area contributed by atoms with Crippen molar-refractivity contribution in [2.45, 2.75) is 18.9 Å². The molecule has 0 fully saturated rings. The minimum absolute atomic E-state index is 0.294. The number of fused-ring (bicyclic) bond motifs is 1. The van der Waals surface area contributed by atoms with Crippen LogP contribution in [0.4, 0.5) is 5.69 Å². The van der Waals surface area contributed by atoms with Crippen molar-refractivity contribution in [3.05, 3.63) is 57.6 Å². The van der Waals surface area contributed by atoms with Gasteiger partial charge in [-0.3, -0.25) is 0 Å². The molecule has 0 aliphatic heterocycles. The van der Waals surface area contributed by atoms with E-state index in [9.17, 15) is 0 Å². The molecule has 1 aliphatic rings. The standard InChI is InChI=1S/C15H13ClN4S/c16-14-9-10-11(4-5-13(10)21-14)19-12-3-1-6-17-15(12)20-8-2-7-18-20/h1-3,6-9,11,19H,4-5H2. The first kappa shape index (κ1) is 12.9. The highest BCUT2D eigenvalue weighted by Crippen LogP contribution is 2.41. The normalized spacial score (nSPS) is 16.9. The van der Waals surface area contributed by atoms with E-state index in [1.807, 2.05) is 24.4 Å². The Hall–Kier alpha value is -1.85. The Morgan fingerprint density at radius 2 is 2.29 bits per heavy atom. The molecule has 1 atom stereocenters. The number of anilines is 1. The van der Waals surface area contributed by atoms with Gasteiger partial charge in [0.05, 0.1) is 16.1 Å². The maximum absolute atomic E-state index is 6.12. The molecule has 3 aromatic heterocycles. The zero-order valence-corrected chi connectivity index (χ0v) is 12.7. The van der Waals surface area contributed by atoms with E-state index in [0.717, 1.165) is 28.7 Å². The van der Waals surface area contributed by atoms with E-state index in [1.54, 1.807) is 28.4 Å². The van der Waals surface area contributed by atoms with Gasteiger partial charge >= 0.3 is 0 Å². The second-order valence-electron chi connectivity index (χ2n) is 4.99. The summed E-state index contributed by atoms with van der Waals surface area (Å²) >= 11 is 7.81. The molecule has 3 heterocycles. The number of aryl methyl sites for hydroxylation is 1. The lowest BCUT2D eigenvalue weighted by Gasteiger charge is -2.17. The van der Waals surface area contributed by atoms with Gasteiger partial charge in [-0.05, 0) is 42.7 Å². The molecule has 0 aromatic carbocycles. The second kappa shape index (κ2) is 5.16. The van der Waals surface area contributed by atoms with E-state index in [2.05, 4.69) is 21.5 Å². The summed E-state index contributed by atoms with van der Waals surface area (Å²) in [5, 5.41) is 7.86. The summed E-state index contributed by atoms with van der Waals surface area (Å²) < 4.78 is 2.64. The topological polar surface area (TPSA) is 42.7 Å². The molecule has 3 aromatic rings. The highest BCUT2D eigenvalue weighted by atomic mass is 35.5. The van der Waals surface area contributed by atoms with E-state index < -0.39 is 0 Å². The van der Waals surface area contributed by atoms with Crippen LogP contribution in [0.3, 0.4) is 0 Å². The fourth-order valence-electron chi connectivity index (χ4n) is 2.75. The second-order valence-corrected chi connectivity index (χ2v) is 6.76. The van der Waals surface area contributed by atoms with Gasteiger partial charge in [0.2, 0.25) is 0 Å². The van der Waals surface area contributed by atoms with Crippen LogP contribution in [0.25, 0.3) is 5.82 Å². The summed E-state index contributed by atoms with van der Waals surface area (Å²) in [4.78, 5) is 5.83. The number of hydrogen-bond acceptors (Lipinski definition) is 4. The third-order valence-electron chi connectivity index (χ3n) is 3.68. The highest BCUT2D eigenvalue weighted by Gasteiger charge is 2.25. The fourth-order valence-corrected chi connectivity index (χ4v) is 4.11. The van der Waals surface area contributed by atoms with E-state index in [1.165, 1.54) is 10.4 Å². The first-order valence-electron chi connectivity index (χ1n) is 6.81. The quantitative estimate of drug-likeness (QED) is 0.791. The van der Waals surface area contributed by atoms with Crippen molar-refractivity contribution in [1.29, 1.82) is 0 Å². The Labute approximate surface area is 131 Å². The van der Waals surface area contributed by atoms with Gasteiger partial charge in [-0.15, -0.1) is 11.3 Å². The summed E-state index contributed by atoms with van der Waals surface area (Å²) in [7, 11) is 0. The minimum atomic E-state index is 0.294. The van der Waals surface area contributed by atoms with Gasteiger partial charge in [0.15, 0.2) is 5.82 Å². The molecule has 0 amide bonds. The summed E-state index contributed by atoms with van der Waals surface area (Å²) in [5.41, 5.74) is 2.31. The monoisotopic (exact) mass is 316 g/mol. The van der Waals surface area contributed by atoms with Crippen LogP contribution in [0.1, 0.15) is 22.9 Å². The first-order valence-corrected chi connectivity index (χ1v) is 8.00. The van der Waals surface area contributed by atoms with Gasteiger partial charge in [0.1, 0.15) is 0 Å². The zero-order valence-electron chi connectivity index (χ0n) is 11.2. The van der Waals surface area contributed by atoms with Gasteiger partial charge in [0, 0.05) is 23.5 Å². The summed E-state index contributed by atoms with van der Waals surface area (Å²) in [6.45, 7) is 0. The molecular weight excluding hydrogens is 304 g/mol. The van der Waals surface area contributed by atoms with Crippen LogP contribution < -0.4 is 5.32 Å². The van der Waals surface area contributed by atoms with Crippen LogP contribution >= 0.6 is 22.9 Å². The molecule has 0 saturated heterocycles.